The predicted octanol–water partition coefficient (Wildman–Crippen LogP) is -14.1. The monoisotopic (exact) mass is 989 g/mol. The normalized spacial score (nSPS) is 51.8. The van der Waals surface area contributed by atoms with Gasteiger partial charge in [0.15, 0.2) is 37.7 Å². The Kier molecular flexibility index (Phi) is 19.4. The molecule has 0 aromatic heterocycles. The average Bonchev–Trinajstić information content (AvgIpc) is 3.80. The van der Waals surface area contributed by atoms with Crippen LogP contribution in [0.15, 0.2) is 0 Å². The highest BCUT2D eigenvalue weighted by Gasteiger charge is 2.59. The highest BCUT2D eigenvalue weighted by Crippen LogP contribution is 2.38. The molecule has 0 saturated carbocycles. The van der Waals surface area contributed by atoms with Crippen LogP contribution in [0.2, 0.25) is 0 Å². The fourth-order valence-corrected chi connectivity index (χ4v) is 8.57. The smallest absolute Gasteiger partial charge is 0.187 e. The maximum absolute atomic E-state index is 11.5. The predicted molar refractivity (Wildman–Crippen MR) is 201 cm³/mol. The lowest BCUT2D eigenvalue weighted by Crippen LogP contribution is -2.67. The summed E-state index contributed by atoms with van der Waals surface area (Å²) in [6, 6.07) is -1.48. The topological polar surface area (TPSA) is 512 Å². The second kappa shape index (κ2) is 23.5. The van der Waals surface area contributed by atoms with Crippen molar-refractivity contribution in [2.75, 3.05) is 39.6 Å². The largest absolute Gasteiger partial charge is 0.394 e. The van der Waals surface area contributed by atoms with Crippen LogP contribution in [0, 0.1) is 0 Å². The van der Waals surface area contributed by atoms with Gasteiger partial charge in [0.05, 0.1) is 45.7 Å². The standard InChI is InChI=1S/C36H63NO30/c37-13-17(49)26(12(6-43)57-31(13)56)63-33-20(52)27(15(47)10(4-41)59-33)64-34-21(53)28(16(48)11(5-42)60-34)65-35-22(54)30(25(61-35)8(45)2-39)67-36-23(55)29(24(62-36)7(44)1-38)66-32-19(51)18(50)14(46)9(3-40)58-32/h7-36,38-56H,1-6,37H2/t7-,8-,9-,10-,11-,12-,13-,14+,15-,16-,17-,18+,19-,20+,21+,22-,23-,24+,25+,26-,27+,28+,29-,30-,31+,32-,33-,34-,35+,36-/m1/s1. The molecule has 6 fully saturated rings. The second-order valence-electron chi connectivity index (χ2n) is 16.8. The van der Waals surface area contributed by atoms with E-state index in [4.69, 9.17) is 57.8 Å². The van der Waals surface area contributed by atoms with Crippen molar-refractivity contribution >= 4 is 0 Å². The van der Waals surface area contributed by atoms with Gasteiger partial charge in [-0.3, -0.25) is 0 Å². The summed E-state index contributed by atoms with van der Waals surface area (Å²) in [5, 5.41) is 200. The second-order valence-corrected chi connectivity index (χ2v) is 16.8. The highest BCUT2D eigenvalue weighted by atomic mass is 16.8. The number of aliphatic hydroxyl groups excluding tert-OH is 19. The van der Waals surface area contributed by atoms with Gasteiger partial charge in [0.1, 0.15) is 140 Å². The molecule has 21 N–H and O–H groups in total. The minimum atomic E-state index is -2.21. The summed E-state index contributed by atoms with van der Waals surface area (Å²) in [6.45, 7) is -5.73. The van der Waals surface area contributed by atoms with Gasteiger partial charge in [-0.2, -0.15) is 0 Å². The highest BCUT2D eigenvalue weighted by molar-refractivity contribution is 5.01. The van der Waals surface area contributed by atoms with Gasteiger partial charge in [-0.25, -0.2) is 0 Å². The van der Waals surface area contributed by atoms with Crippen LogP contribution >= 0.6 is 0 Å². The first kappa shape index (κ1) is 55.1. The number of nitrogens with two attached hydrogens (primary N) is 1. The van der Waals surface area contributed by atoms with Crippen molar-refractivity contribution in [1.82, 2.24) is 0 Å². The van der Waals surface area contributed by atoms with E-state index in [0.29, 0.717) is 0 Å². The fourth-order valence-electron chi connectivity index (χ4n) is 8.57. The van der Waals surface area contributed by atoms with E-state index in [2.05, 4.69) is 0 Å². The summed E-state index contributed by atoms with van der Waals surface area (Å²) in [4.78, 5) is 0. The summed E-state index contributed by atoms with van der Waals surface area (Å²) in [6.07, 6.45) is -54.4. The van der Waals surface area contributed by atoms with Crippen molar-refractivity contribution in [2.45, 2.75) is 184 Å². The van der Waals surface area contributed by atoms with E-state index in [1.54, 1.807) is 0 Å². The zero-order chi connectivity index (χ0) is 49.3. The zero-order valence-electron chi connectivity index (χ0n) is 35.1. The van der Waals surface area contributed by atoms with Crippen LogP contribution < -0.4 is 5.73 Å². The van der Waals surface area contributed by atoms with Gasteiger partial charge < -0.3 is 155 Å². The Bertz CT molecular complexity index is 1510. The van der Waals surface area contributed by atoms with Gasteiger partial charge in [-0.1, -0.05) is 0 Å². The quantitative estimate of drug-likeness (QED) is 0.0606. The van der Waals surface area contributed by atoms with Gasteiger partial charge >= 0.3 is 0 Å². The van der Waals surface area contributed by atoms with Crippen molar-refractivity contribution in [3.05, 3.63) is 0 Å². The van der Waals surface area contributed by atoms with Crippen LogP contribution in [-0.2, 0) is 52.1 Å². The van der Waals surface area contributed by atoms with E-state index < -0.39 is 224 Å². The SMILES string of the molecule is N[C@@H]1[C@@H](O)[C@H](O[C@H]2O[C@H](CO)[C@@H](O)[C@H](O[C@H]3O[C@H](CO)[C@@H](O)[C@H](O[C@@H]4O[C@@H]([C@H](O)CO)[C@H](O[C@H]5O[C@@H]([C@H](O)CO)[C@H](O[C@H]6O[C@H](CO)[C@H](O)[C@H](O)[C@H]6O)[C@H]5O)[C@H]4O)[C@@H]3O)[C@@H]2O)[C@@H](CO)O[C@@H]1O. The molecule has 6 rings (SSSR count). The molecule has 6 aliphatic heterocycles. The molecule has 0 aromatic rings. The molecule has 0 aliphatic carbocycles. The zero-order valence-corrected chi connectivity index (χ0v) is 35.1. The van der Waals surface area contributed by atoms with Gasteiger partial charge in [-0.15, -0.1) is 0 Å². The molecule has 31 heteroatoms. The van der Waals surface area contributed by atoms with E-state index in [1.165, 1.54) is 0 Å². The lowest BCUT2D eigenvalue weighted by Gasteiger charge is -2.48. The summed E-state index contributed by atoms with van der Waals surface area (Å²) in [7, 11) is 0. The van der Waals surface area contributed by atoms with Gasteiger partial charge in [0, 0.05) is 0 Å². The van der Waals surface area contributed by atoms with Crippen molar-refractivity contribution < 1.29 is 149 Å². The molecule has 67 heavy (non-hydrogen) atoms. The minimum absolute atomic E-state index is 0.837. The van der Waals surface area contributed by atoms with E-state index in [0.717, 1.165) is 0 Å². The third kappa shape index (κ3) is 11.2. The molecule has 0 bridgehead atoms. The van der Waals surface area contributed by atoms with Crippen LogP contribution in [0.25, 0.3) is 0 Å². The maximum Gasteiger partial charge on any atom is 0.187 e. The first-order chi connectivity index (χ1) is 31.8. The van der Waals surface area contributed by atoms with Gasteiger partial charge in [0.2, 0.25) is 0 Å². The van der Waals surface area contributed by atoms with Crippen molar-refractivity contribution in [2.24, 2.45) is 5.73 Å². The Morgan fingerprint density at radius 3 is 1.06 bits per heavy atom. The summed E-state index contributed by atoms with van der Waals surface area (Å²) < 4.78 is 61.4. The Morgan fingerprint density at radius 2 is 0.672 bits per heavy atom. The first-order valence-electron chi connectivity index (χ1n) is 21.2. The molecular weight excluding hydrogens is 926 g/mol. The number of rotatable bonds is 18. The molecule has 0 unspecified atom stereocenters. The molecule has 0 radical (unpaired) electrons. The number of ether oxygens (including phenoxy) is 11. The maximum atomic E-state index is 11.5. The molecular formula is C36H63NO30. The van der Waals surface area contributed by atoms with Crippen molar-refractivity contribution in [3.63, 3.8) is 0 Å². The lowest BCUT2D eigenvalue weighted by atomic mass is 9.95. The van der Waals surface area contributed by atoms with E-state index >= 15 is 0 Å². The molecule has 30 atom stereocenters. The fraction of sp³-hybridized carbons (Fsp3) is 1.00. The van der Waals surface area contributed by atoms with Crippen LogP contribution in [0.3, 0.4) is 0 Å². The molecule has 392 valence electrons. The van der Waals surface area contributed by atoms with Gasteiger partial charge in [0.25, 0.3) is 0 Å². The van der Waals surface area contributed by atoms with Gasteiger partial charge in [-0.05, 0) is 0 Å². The molecule has 0 aromatic carbocycles. The molecule has 6 heterocycles. The Hall–Kier alpha value is -1.24. The molecule has 6 saturated heterocycles. The molecule has 31 nitrogen and oxygen atoms in total. The Balaban J connectivity index is 1.18. The summed E-state index contributed by atoms with van der Waals surface area (Å²) in [5.41, 5.74) is 5.77. The summed E-state index contributed by atoms with van der Waals surface area (Å²) >= 11 is 0. The van der Waals surface area contributed by atoms with E-state index in [-0.39, 0.29) is 0 Å². The lowest BCUT2D eigenvalue weighted by molar-refractivity contribution is -0.380. The van der Waals surface area contributed by atoms with Crippen LogP contribution in [0.1, 0.15) is 0 Å². The summed E-state index contributed by atoms with van der Waals surface area (Å²) in [5.74, 6) is 0. The molecule has 0 spiro atoms. The Labute approximate surface area is 378 Å². The van der Waals surface area contributed by atoms with Crippen LogP contribution in [0.5, 0.6) is 0 Å². The third-order valence-corrected chi connectivity index (χ3v) is 12.5. The first-order valence-corrected chi connectivity index (χ1v) is 21.2. The number of hydrogen-bond acceptors (Lipinski definition) is 31. The van der Waals surface area contributed by atoms with Crippen molar-refractivity contribution in [1.29, 1.82) is 0 Å². The minimum Gasteiger partial charge on any atom is -0.394 e. The van der Waals surface area contributed by atoms with Crippen LogP contribution in [-0.4, -0.2) is 321 Å². The Morgan fingerprint density at radius 1 is 0.343 bits per heavy atom. The van der Waals surface area contributed by atoms with E-state index in [1.807, 2.05) is 0 Å². The molecule has 6 aliphatic rings. The third-order valence-electron chi connectivity index (χ3n) is 12.5. The van der Waals surface area contributed by atoms with Crippen LogP contribution in [0.4, 0.5) is 0 Å². The average molecular weight is 990 g/mol. The molecule has 0 amide bonds. The van der Waals surface area contributed by atoms with E-state index in [9.17, 15) is 97.0 Å². The van der Waals surface area contributed by atoms with Crippen molar-refractivity contribution in [3.8, 4) is 0 Å². The number of hydrogen-bond donors (Lipinski definition) is 20. The number of aliphatic hydroxyl groups is 19.